The van der Waals surface area contributed by atoms with Crippen LogP contribution in [0.5, 0.6) is 0 Å². The highest BCUT2D eigenvalue weighted by Crippen LogP contribution is 2.26. The van der Waals surface area contributed by atoms with Gasteiger partial charge in [-0.25, -0.2) is 4.98 Å². The molecule has 1 amide bonds. The first-order chi connectivity index (χ1) is 16.1. The Balaban J connectivity index is 1.27. The van der Waals surface area contributed by atoms with Crippen LogP contribution in [-0.4, -0.2) is 55.3 Å². The van der Waals surface area contributed by atoms with E-state index in [4.69, 9.17) is 4.98 Å². The van der Waals surface area contributed by atoms with Crippen molar-refractivity contribution in [2.24, 2.45) is 0 Å². The van der Waals surface area contributed by atoms with Crippen molar-refractivity contribution in [3.63, 3.8) is 0 Å². The lowest BCUT2D eigenvalue weighted by Gasteiger charge is -2.47. The SMILES string of the molecule is CCCn1c(C(=O)N2CC(N3CCc4ccccc4C3)C2)cc2c(=O)n3ccccc3nc21. The Labute approximate surface area is 191 Å². The molecule has 1 aromatic carbocycles. The quantitative estimate of drug-likeness (QED) is 0.489. The number of aryl methyl sites for hydroxylation is 1. The maximum absolute atomic E-state index is 13.5. The second kappa shape index (κ2) is 7.85. The molecular weight excluding hydrogens is 414 g/mol. The van der Waals surface area contributed by atoms with Crippen LogP contribution in [0.3, 0.4) is 0 Å². The molecule has 2 aliphatic rings. The number of fused-ring (bicyclic) bond motifs is 3. The average Bonchev–Trinajstić information content (AvgIpc) is 3.17. The molecule has 2 aliphatic heterocycles. The van der Waals surface area contributed by atoms with E-state index in [0.29, 0.717) is 35.0 Å². The zero-order chi connectivity index (χ0) is 22.5. The van der Waals surface area contributed by atoms with Crippen LogP contribution in [0.4, 0.5) is 0 Å². The van der Waals surface area contributed by atoms with Crippen molar-refractivity contribution in [2.45, 2.75) is 38.9 Å². The van der Waals surface area contributed by atoms with Crippen molar-refractivity contribution in [3.05, 3.63) is 81.9 Å². The standard InChI is InChI=1S/C26H27N5O2/c1-2-11-30-22(14-21-24(30)27-23-9-5-6-12-31(23)25(21)32)26(33)29-16-20(17-29)28-13-10-18-7-3-4-8-19(18)15-28/h3-9,12,14,20H,2,10-11,13,15-17H2,1H3. The smallest absolute Gasteiger partial charge is 0.270 e. The van der Waals surface area contributed by atoms with E-state index in [0.717, 1.165) is 39.0 Å². The highest BCUT2D eigenvalue weighted by molar-refractivity contribution is 5.98. The van der Waals surface area contributed by atoms with E-state index in [1.54, 1.807) is 16.7 Å². The van der Waals surface area contributed by atoms with Gasteiger partial charge < -0.3 is 9.47 Å². The highest BCUT2D eigenvalue weighted by atomic mass is 16.2. The summed E-state index contributed by atoms with van der Waals surface area (Å²) in [5, 5.41) is 0.500. The third-order valence-electron chi connectivity index (χ3n) is 7.07. The van der Waals surface area contributed by atoms with Crippen LogP contribution < -0.4 is 5.56 Å². The summed E-state index contributed by atoms with van der Waals surface area (Å²) in [4.78, 5) is 35.7. The number of carbonyl (C=O) groups is 1. The van der Waals surface area contributed by atoms with Gasteiger partial charge in [0.1, 0.15) is 17.0 Å². The molecule has 3 aromatic heterocycles. The minimum absolute atomic E-state index is 0.0106. The van der Waals surface area contributed by atoms with Crippen LogP contribution in [0.1, 0.15) is 35.0 Å². The number of nitrogens with zero attached hydrogens (tertiary/aromatic N) is 5. The molecule has 33 heavy (non-hydrogen) atoms. The lowest BCUT2D eigenvalue weighted by Crippen LogP contribution is -2.61. The first-order valence-electron chi connectivity index (χ1n) is 11.7. The molecular formula is C26H27N5O2. The summed E-state index contributed by atoms with van der Waals surface area (Å²) in [5.74, 6) is -0.0106. The van der Waals surface area contributed by atoms with Crippen LogP contribution in [0.25, 0.3) is 16.7 Å². The molecule has 0 radical (unpaired) electrons. The number of likely N-dealkylation sites (tertiary alicyclic amines) is 1. The summed E-state index contributed by atoms with van der Waals surface area (Å²) in [5.41, 5.74) is 4.47. The summed E-state index contributed by atoms with van der Waals surface area (Å²) in [7, 11) is 0. The van der Waals surface area contributed by atoms with E-state index in [1.807, 2.05) is 27.7 Å². The summed E-state index contributed by atoms with van der Waals surface area (Å²) in [6, 6.07) is 16.3. The van der Waals surface area contributed by atoms with E-state index in [9.17, 15) is 9.59 Å². The fraction of sp³-hybridized carbons (Fsp3) is 0.346. The van der Waals surface area contributed by atoms with Gasteiger partial charge in [0, 0.05) is 45.0 Å². The molecule has 1 saturated heterocycles. The van der Waals surface area contributed by atoms with Gasteiger partial charge in [0.2, 0.25) is 0 Å². The van der Waals surface area contributed by atoms with Gasteiger partial charge >= 0.3 is 0 Å². The Bertz CT molecular complexity index is 1430. The lowest BCUT2D eigenvalue weighted by atomic mass is 9.96. The first-order valence-corrected chi connectivity index (χ1v) is 11.7. The molecule has 7 heteroatoms. The molecule has 0 unspecified atom stereocenters. The van der Waals surface area contributed by atoms with E-state index in [-0.39, 0.29) is 11.5 Å². The number of carbonyl (C=O) groups excluding carboxylic acids is 1. The Hall–Kier alpha value is -3.45. The van der Waals surface area contributed by atoms with Crippen molar-refractivity contribution in [1.29, 1.82) is 0 Å². The maximum Gasteiger partial charge on any atom is 0.270 e. The highest BCUT2D eigenvalue weighted by Gasteiger charge is 2.37. The van der Waals surface area contributed by atoms with E-state index in [2.05, 4.69) is 36.1 Å². The van der Waals surface area contributed by atoms with Gasteiger partial charge in [0.25, 0.3) is 11.5 Å². The molecule has 168 valence electrons. The number of rotatable bonds is 4. The third kappa shape index (κ3) is 3.26. The van der Waals surface area contributed by atoms with Crippen molar-refractivity contribution >= 4 is 22.6 Å². The Morgan fingerprint density at radius 1 is 1.09 bits per heavy atom. The zero-order valence-electron chi connectivity index (χ0n) is 18.8. The summed E-state index contributed by atoms with van der Waals surface area (Å²) in [6.45, 7) is 6.16. The van der Waals surface area contributed by atoms with Gasteiger partial charge in [-0.05, 0) is 42.2 Å². The number of benzene rings is 1. The van der Waals surface area contributed by atoms with Crippen molar-refractivity contribution in [1.82, 2.24) is 23.8 Å². The molecule has 0 spiro atoms. The fourth-order valence-corrected chi connectivity index (χ4v) is 5.22. The van der Waals surface area contributed by atoms with Gasteiger partial charge in [-0.3, -0.25) is 18.9 Å². The number of hydrogen-bond donors (Lipinski definition) is 0. The van der Waals surface area contributed by atoms with Crippen LogP contribution in [0, 0.1) is 0 Å². The van der Waals surface area contributed by atoms with Gasteiger partial charge in [0.15, 0.2) is 0 Å². The summed E-state index contributed by atoms with van der Waals surface area (Å²) < 4.78 is 3.47. The minimum Gasteiger partial charge on any atom is -0.334 e. The number of aromatic nitrogens is 3. The third-order valence-corrected chi connectivity index (χ3v) is 7.07. The monoisotopic (exact) mass is 441 g/mol. The van der Waals surface area contributed by atoms with Crippen LogP contribution in [0.15, 0.2) is 59.5 Å². The second-order valence-electron chi connectivity index (χ2n) is 9.12. The summed E-state index contributed by atoms with van der Waals surface area (Å²) >= 11 is 0. The molecule has 0 N–H and O–H groups in total. The second-order valence-corrected chi connectivity index (χ2v) is 9.12. The molecule has 0 bridgehead atoms. The first kappa shape index (κ1) is 20.2. The summed E-state index contributed by atoms with van der Waals surface area (Å²) in [6.07, 6.45) is 3.64. The predicted molar refractivity (Wildman–Crippen MR) is 127 cm³/mol. The largest absolute Gasteiger partial charge is 0.334 e. The Morgan fingerprint density at radius 2 is 1.88 bits per heavy atom. The molecule has 0 aliphatic carbocycles. The van der Waals surface area contributed by atoms with Gasteiger partial charge in [0.05, 0.1) is 5.39 Å². The maximum atomic E-state index is 13.5. The molecule has 0 saturated carbocycles. The predicted octanol–water partition coefficient (Wildman–Crippen LogP) is 2.94. The van der Waals surface area contributed by atoms with Gasteiger partial charge in [-0.1, -0.05) is 37.3 Å². The lowest BCUT2D eigenvalue weighted by molar-refractivity contribution is 0.0211. The van der Waals surface area contributed by atoms with Gasteiger partial charge in [-0.15, -0.1) is 0 Å². The number of pyridine rings is 1. The Morgan fingerprint density at radius 3 is 2.70 bits per heavy atom. The van der Waals surface area contributed by atoms with E-state index < -0.39 is 0 Å². The molecule has 6 rings (SSSR count). The molecule has 7 nitrogen and oxygen atoms in total. The average molecular weight is 442 g/mol. The topological polar surface area (TPSA) is 62.9 Å². The van der Waals surface area contributed by atoms with Crippen molar-refractivity contribution in [3.8, 4) is 0 Å². The van der Waals surface area contributed by atoms with E-state index in [1.165, 1.54) is 11.1 Å². The van der Waals surface area contributed by atoms with Crippen LogP contribution in [-0.2, 0) is 19.5 Å². The Kier molecular flexibility index (Phi) is 4.80. The minimum atomic E-state index is -0.132. The van der Waals surface area contributed by atoms with Crippen LogP contribution in [0.2, 0.25) is 0 Å². The zero-order valence-corrected chi connectivity index (χ0v) is 18.8. The molecule has 4 aromatic rings. The van der Waals surface area contributed by atoms with Crippen molar-refractivity contribution < 1.29 is 4.79 Å². The van der Waals surface area contributed by atoms with Crippen molar-refractivity contribution in [2.75, 3.05) is 19.6 Å². The number of amides is 1. The molecule has 0 atom stereocenters. The van der Waals surface area contributed by atoms with Gasteiger partial charge in [-0.2, -0.15) is 0 Å². The van der Waals surface area contributed by atoms with Crippen LogP contribution >= 0.6 is 0 Å². The fourth-order valence-electron chi connectivity index (χ4n) is 5.22. The normalized spacial score (nSPS) is 16.8. The molecule has 5 heterocycles. The number of hydrogen-bond acceptors (Lipinski definition) is 4. The molecule has 1 fully saturated rings. The van der Waals surface area contributed by atoms with E-state index >= 15 is 0 Å².